The minimum Gasteiger partial charge on any atom is -0.236 e. The van der Waals surface area contributed by atoms with Gasteiger partial charge in [0.1, 0.15) is 0 Å². The van der Waals surface area contributed by atoms with Crippen LogP contribution in [0.5, 0.6) is 0 Å². The molecule has 0 unspecified atom stereocenters. The lowest BCUT2D eigenvalue weighted by molar-refractivity contribution is 1.15. The van der Waals surface area contributed by atoms with Gasteiger partial charge < -0.3 is 0 Å². The lowest BCUT2D eigenvalue weighted by Crippen LogP contribution is -1.86. The van der Waals surface area contributed by atoms with E-state index in [0.29, 0.717) is 17.5 Å². The summed E-state index contributed by atoms with van der Waals surface area (Å²) in [6.45, 7) is 0. The van der Waals surface area contributed by atoms with Crippen LogP contribution in [0.15, 0.2) is 195 Å². The lowest BCUT2D eigenvalue weighted by Gasteiger charge is -2.12. The Bertz CT molecular complexity index is 1920. The molecule has 228 valence electrons. The topological polar surface area (TPSA) is 113 Å². The molecule has 3 aromatic heterocycles. The van der Waals surface area contributed by atoms with E-state index in [1.807, 2.05) is 91.0 Å². The first kappa shape index (κ1) is 29.8. The van der Waals surface area contributed by atoms with Crippen molar-refractivity contribution in [1.82, 2.24) is 15.0 Å². The first-order chi connectivity index (χ1) is 23.7. The first-order valence-electron chi connectivity index (χ1n) is 15.2. The predicted molar refractivity (Wildman–Crippen MR) is 188 cm³/mol. The number of pyridine rings is 3. The molecule has 0 fully saturated rings. The van der Waals surface area contributed by atoms with E-state index in [2.05, 4.69) is 100 Å². The van der Waals surface area contributed by atoms with Crippen LogP contribution in [0.2, 0.25) is 0 Å². The summed E-state index contributed by atoms with van der Waals surface area (Å²) >= 11 is 0. The summed E-state index contributed by atoms with van der Waals surface area (Å²) in [4.78, 5) is 12.6. The molecule has 0 saturated carbocycles. The van der Waals surface area contributed by atoms with Gasteiger partial charge in [0.25, 0.3) is 0 Å². The highest BCUT2D eigenvalue weighted by atomic mass is 15.2. The van der Waals surface area contributed by atoms with Gasteiger partial charge in [0.15, 0.2) is 17.5 Å². The van der Waals surface area contributed by atoms with Gasteiger partial charge in [-0.05, 0) is 124 Å². The number of azo groups is 3. The SMILES string of the molecule is c1ccc(N=Nc2ccc(-c3cc(-c4ccc(N=Nc5ccccn5)cc4)cc(-c4ccc(N=Nc5ccccn5)cc4)c3)cc2)nc1. The summed E-state index contributed by atoms with van der Waals surface area (Å²) in [6.07, 6.45) is 5.09. The Morgan fingerprint density at radius 2 is 0.562 bits per heavy atom. The van der Waals surface area contributed by atoms with Crippen molar-refractivity contribution in [2.75, 3.05) is 0 Å². The number of nitrogens with zero attached hydrogens (tertiary/aromatic N) is 9. The highest BCUT2D eigenvalue weighted by molar-refractivity contribution is 5.82. The maximum absolute atomic E-state index is 4.35. The largest absolute Gasteiger partial charge is 0.236 e. The van der Waals surface area contributed by atoms with Crippen LogP contribution in [0.4, 0.5) is 34.5 Å². The third-order valence-electron chi connectivity index (χ3n) is 7.29. The number of hydrogen-bond acceptors (Lipinski definition) is 9. The van der Waals surface area contributed by atoms with E-state index < -0.39 is 0 Å². The van der Waals surface area contributed by atoms with Gasteiger partial charge in [-0.2, -0.15) is 0 Å². The van der Waals surface area contributed by atoms with Crippen molar-refractivity contribution in [3.8, 4) is 33.4 Å². The second-order valence-corrected chi connectivity index (χ2v) is 10.6. The van der Waals surface area contributed by atoms with Crippen LogP contribution in [0.25, 0.3) is 33.4 Å². The maximum Gasteiger partial charge on any atom is 0.174 e. The van der Waals surface area contributed by atoms with Crippen molar-refractivity contribution in [3.05, 3.63) is 164 Å². The van der Waals surface area contributed by atoms with Crippen molar-refractivity contribution in [2.24, 2.45) is 30.7 Å². The summed E-state index contributed by atoms with van der Waals surface area (Å²) in [7, 11) is 0. The number of aromatic nitrogens is 3. The van der Waals surface area contributed by atoms with Crippen LogP contribution < -0.4 is 0 Å². The van der Waals surface area contributed by atoms with Crippen LogP contribution in [0, 0.1) is 0 Å². The van der Waals surface area contributed by atoms with Gasteiger partial charge in [-0.15, -0.1) is 30.7 Å². The van der Waals surface area contributed by atoms with Gasteiger partial charge >= 0.3 is 0 Å². The Labute approximate surface area is 277 Å². The van der Waals surface area contributed by atoms with Crippen LogP contribution in [0.1, 0.15) is 0 Å². The summed E-state index contributed by atoms with van der Waals surface area (Å²) in [5.41, 5.74) is 8.57. The van der Waals surface area contributed by atoms with Gasteiger partial charge in [0.05, 0.1) is 17.1 Å². The quantitative estimate of drug-likeness (QED) is 0.149. The standard InChI is InChI=1S/C39H27N9/c1-4-22-40-37(7-1)46-43-34-16-10-28(11-17-34)31-25-32(29-12-18-35(19-13-29)44-47-38-8-2-5-23-41-38)27-33(26-31)30-14-20-36(21-15-30)45-48-39-9-3-6-24-42-39/h1-27H. The summed E-state index contributed by atoms with van der Waals surface area (Å²) in [5, 5.41) is 25.8. The van der Waals surface area contributed by atoms with Gasteiger partial charge in [-0.3, -0.25) is 0 Å². The van der Waals surface area contributed by atoms with Crippen LogP contribution in [0.3, 0.4) is 0 Å². The molecule has 0 aliphatic carbocycles. The minimum absolute atomic E-state index is 0.562. The number of rotatable bonds is 9. The maximum atomic E-state index is 4.35. The molecule has 0 spiro atoms. The van der Waals surface area contributed by atoms with Crippen molar-refractivity contribution in [2.45, 2.75) is 0 Å². The van der Waals surface area contributed by atoms with Crippen molar-refractivity contribution < 1.29 is 0 Å². The average molecular weight is 622 g/mol. The predicted octanol–water partition coefficient (Wildman–Crippen LogP) is 12.1. The normalized spacial score (nSPS) is 11.5. The third-order valence-corrected chi connectivity index (χ3v) is 7.29. The van der Waals surface area contributed by atoms with E-state index in [4.69, 9.17) is 0 Å². The molecule has 7 rings (SSSR count). The molecule has 48 heavy (non-hydrogen) atoms. The van der Waals surface area contributed by atoms with E-state index in [0.717, 1.165) is 50.4 Å². The second kappa shape index (κ2) is 14.5. The highest BCUT2D eigenvalue weighted by Crippen LogP contribution is 2.35. The molecule has 4 aromatic carbocycles. The van der Waals surface area contributed by atoms with Crippen molar-refractivity contribution in [3.63, 3.8) is 0 Å². The van der Waals surface area contributed by atoms with Gasteiger partial charge in [0, 0.05) is 18.6 Å². The van der Waals surface area contributed by atoms with Crippen molar-refractivity contribution in [1.29, 1.82) is 0 Å². The monoisotopic (exact) mass is 621 g/mol. The van der Waals surface area contributed by atoms with Gasteiger partial charge in [-0.25, -0.2) is 15.0 Å². The highest BCUT2D eigenvalue weighted by Gasteiger charge is 2.09. The minimum atomic E-state index is 0.562. The Hall–Kier alpha value is -6.87. The van der Waals surface area contributed by atoms with E-state index in [-0.39, 0.29) is 0 Å². The molecule has 0 N–H and O–H groups in total. The average Bonchev–Trinajstić information content (AvgIpc) is 3.17. The van der Waals surface area contributed by atoms with E-state index >= 15 is 0 Å². The number of benzene rings is 4. The lowest BCUT2D eigenvalue weighted by atomic mass is 9.93. The first-order valence-corrected chi connectivity index (χ1v) is 15.2. The molecule has 0 aliphatic rings. The molecule has 9 nitrogen and oxygen atoms in total. The zero-order chi connectivity index (χ0) is 32.4. The third kappa shape index (κ3) is 7.67. The fraction of sp³-hybridized carbons (Fsp3) is 0. The summed E-state index contributed by atoms with van der Waals surface area (Å²) in [5.74, 6) is 1.69. The van der Waals surface area contributed by atoms with Crippen LogP contribution >= 0.6 is 0 Å². The molecular weight excluding hydrogens is 594 g/mol. The number of hydrogen-bond donors (Lipinski definition) is 0. The van der Waals surface area contributed by atoms with E-state index in [1.165, 1.54) is 0 Å². The molecule has 3 heterocycles. The Morgan fingerprint density at radius 3 is 0.812 bits per heavy atom. The van der Waals surface area contributed by atoms with Crippen LogP contribution in [-0.4, -0.2) is 15.0 Å². The molecule has 0 atom stereocenters. The Kier molecular flexibility index (Phi) is 9.00. The summed E-state index contributed by atoms with van der Waals surface area (Å²) < 4.78 is 0. The summed E-state index contributed by atoms with van der Waals surface area (Å²) in [6, 6.07) is 47.3. The molecule has 0 bridgehead atoms. The smallest absolute Gasteiger partial charge is 0.174 e. The molecular formula is C39H27N9. The Morgan fingerprint density at radius 1 is 0.271 bits per heavy atom. The van der Waals surface area contributed by atoms with Gasteiger partial charge in [0.2, 0.25) is 0 Å². The van der Waals surface area contributed by atoms with E-state index in [9.17, 15) is 0 Å². The Balaban J connectivity index is 1.19. The molecule has 9 heteroatoms. The van der Waals surface area contributed by atoms with Crippen molar-refractivity contribution >= 4 is 34.5 Å². The second-order valence-electron chi connectivity index (χ2n) is 10.6. The fourth-order valence-corrected chi connectivity index (χ4v) is 4.85. The molecule has 0 amide bonds. The van der Waals surface area contributed by atoms with E-state index in [1.54, 1.807) is 18.6 Å². The zero-order valence-electron chi connectivity index (χ0n) is 25.6. The molecule has 0 radical (unpaired) electrons. The van der Waals surface area contributed by atoms with Gasteiger partial charge in [-0.1, -0.05) is 54.6 Å². The fourth-order valence-electron chi connectivity index (χ4n) is 4.85. The zero-order valence-corrected chi connectivity index (χ0v) is 25.6. The molecule has 0 aliphatic heterocycles. The molecule has 0 saturated heterocycles. The molecule has 7 aromatic rings. The van der Waals surface area contributed by atoms with Crippen LogP contribution in [-0.2, 0) is 0 Å².